The Labute approximate surface area is 261 Å². The number of aromatic nitrogens is 2. The summed E-state index contributed by atoms with van der Waals surface area (Å²) in [5.74, 6) is 1.30. The van der Waals surface area contributed by atoms with Crippen LogP contribution in [0.4, 0.5) is 11.4 Å². The van der Waals surface area contributed by atoms with Gasteiger partial charge in [0.2, 0.25) is 23.0 Å². The number of hydrogen-bond donors (Lipinski definition) is 4. The number of rotatable bonds is 12. The zero-order valence-electron chi connectivity index (χ0n) is 26.0. The Morgan fingerprint density at radius 3 is 2.56 bits per heavy atom. The number of anilines is 2. The molecule has 0 saturated carbocycles. The van der Waals surface area contributed by atoms with Gasteiger partial charge in [0.1, 0.15) is 0 Å². The van der Waals surface area contributed by atoms with Gasteiger partial charge in [-0.1, -0.05) is 12.5 Å². The van der Waals surface area contributed by atoms with Gasteiger partial charge in [0.05, 0.1) is 50.4 Å². The lowest BCUT2D eigenvalue weighted by Crippen LogP contribution is -2.26. The molecule has 4 N–H and O–H groups in total. The van der Waals surface area contributed by atoms with Crippen LogP contribution in [0.3, 0.4) is 0 Å². The Hall–Kier alpha value is -5.06. The minimum Gasteiger partial charge on any atom is -0.493 e. The SMILES string of the molecule is COc1cc2c(c(OC)c1OC)-c1ccc(NCCCCCC(=O)Nc3ccc4nc[nH]c4c3)c(=O)cc1[C@@H](NC(C)=O)CC2. The maximum atomic E-state index is 13.5. The van der Waals surface area contributed by atoms with Gasteiger partial charge in [-0.2, -0.15) is 0 Å². The summed E-state index contributed by atoms with van der Waals surface area (Å²) < 4.78 is 17.1. The van der Waals surface area contributed by atoms with Crippen LogP contribution in [-0.2, 0) is 16.0 Å². The number of nitrogens with zero attached hydrogens (tertiary/aromatic N) is 1. The molecule has 11 nitrogen and oxygen atoms in total. The van der Waals surface area contributed by atoms with Gasteiger partial charge in [0, 0.05) is 31.1 Å². The van der Waals surface area contributed by atoms with E-state index >= 15 is 0 Å². The third-order valence-corrected chi connectivity index (χ3v) is 8.02. The molecule has 236 valence electrons. The van der Waals surface area contributed by atoms with Crippen LogP contribution in [0, 0.1) is 0 Å². The van der Waals surface area contributed by atoms with E-state index in [1.807, 2.05) is 30.3 Å². The molecule has 1 aromatic heterocycles. The van der Waals surface area contributed by atoms with Gasteiger partial charge in [-0.15, -0.1) is 0 Å². The lowest BCUT2D eigenvalue weighted by molar-refractivity contribution is -0.119. The van der Waals surface area contributed by atoms with Crippen LogP contribution in [-0.4, -0.2) is 49.7 Å². The zero-order valence-corrected chi connectivity index (χ0v) is 26.0. The predicted octanol–water partition coefficient (Wildman–Crippen LogP) is 5.35. The van der Waals surface area contributed by atoms with Crippen molar-refractivity contribution in [2.24, 2.45) is 0 Å². The second kappa shape index (κ2) is 14.1. The number of H-pyrrole nitrogens is 1. The molecule has 0 saturated heterocycles. The number of amides is 2. The topological polar surface area (TPSA) is 144 Å². The fourth-order valence-corrected chi connectivity index (χ4v) is 5.90. The van der Waals surface area contributed by atoms with Crippen LogP contribution in [0.5, 0.6) is 17.2 Å². The van der Waals surface area contributed by atoms with Gasteiger partial charge < -0.3 is 35.1 Å². The Kier molecular flexibility index (Phi) is 9.86. The normalized spacial score (nSPS) is 13.6. The molecule has 0 aliphatic heterocycles. The molecule has 1 heterocycles. The molecule has 11 heteroatoms. The van der Waals surface area contributed by atoms with E-state index in [-0.39, 0.29) is 23.3 Å². The van der Waals surface area contributed by atoms with Gasteiger partial charge in [-0.25, -0.2) is 4.98 Å². The third-order valence-electron chi connectivity index (χ3n) is 8.02. The van der Waals surface area contributed by atoms with E-state index in [1.54, 1.807) is 39.8 Å². The first kappa shape index (κ1) is 31.4. The van der Waals surface area contributed by atoms with Gasteiger partial charge in [0.15, 0.2) is 11.5 Å². The molecule has 5 rings (SSSR count). The van der Waals surface area contributed by atoms with Crippen molar-refractivity contribution in [2.75, 3.05) is 38.5 Å². The van der Waals surface area contributed by atoms with Crippen molar-refractivity contribution in [3.05, 3.63) is 70.1 Å². The minimum atomic E-state index is -0.368. The van der Waals surface area contributed by atoms with E-state index < -0.39 is 0 Å². The number of carbonyl (C=O) groups excluding carboxylic acids is 2. The summed E-state index contributed by atoms with van der Waals surface area (Å²) in [5.41, 5.74) is 6.00. The van der Waals surface area contributed by atoms with Crippen LogP contribution in [0.1, 0.15) is 56.2 Å². The molecule has 4 aromatic rings. The van der Waals surface area contributed by atoms with Crippen molar-refractivity contribution >= 4 is 34.2 Å². The van der Waals surface area contributed by atoms with Gasteiger partial charge in [0.25, 0.3) is 0 Å². The van der Waals surface area contributed by atoms with Crippen molar-refractivity contribution < 1.29 is 23.8 Å². The van der Waals surface area contributed by atoms with Gasteiger partial charge in [-0.3, -0.25) is 14.4 Å². The average Bonchev–Trinajstić information content (AvgIpc) is 3.37. The fourth-order valence-electron chi connectivity index (χ4n) is 5.90. The summed E-state index contributed by atoms with van der Waals surface area (Å²) in [6.07, 6.45) is 5.58. The number of nitrogens with one attached hydrogen (secondary N) is 4. The monoisotopic (exact) mass is 613 g/mol. The molecule has 2 amide bonds. The second-order valence-corrected chi connectivity index (χ2v) is 11.0. The summed E-state index contributed by atoms with van der Waals surface area (Å²) in [5, 5.41) is 9.24. The van der Waals surface area contributed by atoms with Crippen molar-refractivity contribution in [3.63, 3.8) is 0 Å². The summed E-state index contributed by atoms with van der Waals surface area (Å²) in [6, 6.07) is 12.4. The van der Waals surface area contributed by atoms with Crippen LogP contribution in [0.25, 0.3) is 22.2 Å². The number of carbonyl (C=O) groups is 2. The average molecular weight is 614 g/mol. The van der Waals surface area contributed by atoms with Crippen molar-refractivity contribution in [1.29, 1.82) is 0 Å². The maximum absolute atomic E-state index is 13.5. The van der Waals surface area contributed by atoms with E-state index in [9.17, 15) is 14.4 Å². The number of hydrogen-bond acceptors (Lipinski definition) is 8. The quantitative estimate of drug-likeness (QED) is 0.157. The maximum Gasteiger partial charge on any atom is 0.224 e. The smallest absolute Gasteiger partial charge is 0.224 e. The summed E-state index contributed by atoms with van der Waals surface area (Å²) in [6.45, 7) is 2.05. The van der Waals surface area contributed by atoms with Gasteiger partial charge in [-0.05, 0) is 78.8 Å². The van der Waals surface area contributed by atoms with Crippen LogP contribution in [0.15, 0.2) is 53.6 Å². The lowest BCUT2D eigenvalue weighted by Gasteiger charge is -2.19. The number of methoxy groups -OCH3 is 3. The molecular formula is C34H39N5O6. The lowest BCUT2D eigenvalue weighted by atomic mass is 9.95. The second-order valence-electron chi connectivity index (χ2n) is 11.0. The number of fused-ring (bicyclic) bond motifs is 4. The van der Waals surface area contributed by atoms with E-state index in [0.717, 1.165) is 52.7 Å². The zero-order chi connectivity index (χ0) is 31.9. The Bertz CT molecular complexity index is 1770. The Morgan fingerprint density at radius 1 is 0.978 bits per heavy atom. The fraction of sp³-hybridized carbons (Fsp3) is 0.353. The van der Waals surface area contributed by atoms with E-state index in [2.05, 4.69) is 25.9 Å². The highest BCUT2D eigenvalue weighted by atomic mass is 16.5. The first-order valence-electron chi connectivity index (χ1n) is 15.1. The summed E-state index contributed by atoms with van der Waals surface area (Å²) >= 11 is 0. The van der Waals surface area contributed by atoms with E-state index in [4.69, 9.17) is 14.2 Å². The number of unbranched alkanes of at least 4 members (excludes halogenated alkanes) is 2. The third kappa shape index (κ3) is 7.03. The molecular weight excluding hydrogens is 574 g/mol. The van der Waals surface area contributed by atoms with E-state index in [1.165, 1.54) is 6.92 Å². The first-order valence-corrected chi connectivity index (χ1v) is 15.1. The van der Waals surface area contributed by atoms with Crippen molar-refractivity contribution in [2.45, 2.75) is 51.5 Å². The van der Waals surface area contributed by atoms with Crippen LogP contribution in [0.2, 0.25) is 0 Å². The highest BCUT2D eigenvalue weighted by Crippen LogP contribution is 2.50. The van der Waals surface area contributed by atoms with Crippen LogP contribution < -0.4 is 35.6 Å². The highest BCUT2D eigenvalue weighted by Gasteiger charge is 2.29. The van der Waals surface area contributed by atoms with Crippen LogP contribution >= 0.6 is 0 Å². The molecule has 45 heavy (non-hydrogen) atoms. The number of aryl methyl sites for hydroxylation is 1. The molecule has 0 radical (unpaired) electrons. The molecule has 0 spiro atoms. The number of benzene rings is 2. The molecule has 0 fully saturated rings. The number of ether oxygens (including phenoxy) is 3. The minimum absolute atomic E-state index is 0.0427. The van der Waals surface area contributed by atoms with Crippen molar-refractivity contribution in [1.82, 2.24) is 15.3 Å². The first-order chi connectivity index (χ1) is 21.8. The summed E-state index contributed by atoms with van der Waals surface area (Å²) in [7, 11) is 4.71. The Morgan fingerprint density at radius 2 is 1.80 bits per heavy atom. The molecule has 3 aromatic carbocycles. The number of imidazole rings is 1. The largest absolute Gasteiger partial charge is 0.493 e. The molecule has 1 atom stereocenters. The predicted molar refractivity (Wildman–Crippen MR) is 174 cm³/mol. The number of aromatic amines is 1. The Balaban J connectivity index is 1.28. The molecule has 0 unspecified atom stereocenters. The molecule has 1 aliphatic rings. The summed E-state index contributed by atoms with van der Waals surface area (Å²) in [4.78, 5) is 45.3. The van der Waals surface area contributed by atoms with Gasteiger partial charge >= 0.3 is 0 Å². The molecule has 0 bridgehead atoms. The van der Waals surface area contributed by atoms with Crippen molar-refractivity contribution in [3.8, 4) is 28.4 Å². The van der Waals surface area contributed by atoms with E-state index in [0.29, 0.717) is 54.3 Å². The standard InChI is InChI=1S/C34H39N5O6/c1-20(40)38-25-12-9-21-16-30(43-2)33(44-3)34(45-4)32(21)23-11-14-27(29(41)18-24(23)25)35-15-7-5-6-8-31(42)39-22-10-13-26-28(17-22)37-19-36-26/h10-11,13-14,16-19,25H,5-9,12,15H2,1-4H3,(H,35,41)(H,36,37)(H,38,40)(H,39,42)/t25-/m0/s1. The highest BCUT2D eigenvalue weighted by molar-refractivity contribution is 5.93. The molecule has 1 aliphatic carbocycles.